The Morgan fingerprint density at radius 1 is 1.30 bits per heavy atom. The van der Waals surface area contributed by atoms with Crippen LogP contribution in [0.2, 0.25) is 0 Å². The van der Waals surface area contributed by atoms with Crippen molar-refractivity contribution in [3.05, 3.63) is 34.2 Å². The number of hydrogen-bond acceptors (Lipinski definition) is 7. The molecule has 3 N–H and O–H groups in total. The van der Waals surface area contributed by atoms with E-state index in [2.05, 4.69) is 41.2 Å². The number of nitrogens with two attached hydrogens (primary N) is 1. The molecule has 0 atom stereocenters. The van der Waals surface area contributed by atoms with E-state index >= 15 is 0 Å². The Labute approximate surface area is 167 Å². The minimum atomic E-state index is -4.21. The Kier molecular flexibility index (Phi) is 4.74. The summed E-state index contributed by atoms with van der Waals surface area (Å²) in [6, 6.07) is 2.62. The molecule has 0 spiro atoms. The van der Waals surface area contributed by atoms with Crippen molar-refractivity contribution in [2.45, 2.75) is 15.1 Å². The molecule has 1 fully saturated rings. The second-order valence-corrected chi connectivity index (χ2v) is 9.12. The largest absolute Gasteiger partial charge is 0.382 e. The molecule has 27 heavy (non-hydrogen) atoms. The molecule has 0 saturated carbocycles. The fraction of sp³-hybridized carbons (Fsp3) is 0.250. The Bertz CT molecular complexity index is 1020. The first-order chi connectivity index (χ1) is 12.4. The van der Waals surface area contributed by atoms with Crippen LogP contribution in [-0.4, -0.2) is 71.1 Å². The summed E-state index contributed by atoms with van der Waals surface area (Å²) in [6.07, 6.45) is 0. The molecule has 1 aliphatic rings. The monoisotopic (exact) mass is 443 g/mol. The van der Waals surface area contributed by atoms with Crippen LogP contribution in [0.15, 0.2) is 32.3 Å². The highest BCUT2D eigenvalue weighted by atomic mass is 79.9. The van der Waals surface area contributed by atoms with Crippen molar-refractivity contribution in [3.63, 3.8) is 0 Å². The van der Waals surface area contributed by atoms with Gasteiger partial charge in [-0.25, -0.2) is 22.4 Å². The summed E-state index contributed by atoms with van der Waals surface area (Å²) in [6.45, 7) is 0. The predicted octanol–water partition coefficient (Wildman–Crippen LogP) is -0.801. The van der Waals surface area contributed by atoms with Gasteiger partial charge in [-0.2, -0.15) is 0 Å². The second kappa shape index (κ2) is 6.40. The summed E-state index contributed by atoms with van der Waals surface area (Å²) < 4.78 is 37.5. The van der Waals surface area contributed by atoms with E-state index in [1.165, 1.54) is 18.2 Å². The first kappa shape index (κ1) is 20.0. The van der Waals surface area contributed by atoms with Crippen LogP contribution in [0, 0.1) is 5.82 Å². The van der Waals surface area contributed by atoms with Crippen LogP contribution in [0.25, 0.3) is 0 Å². The van der Waals surface area contributed by atoms with Crippen LogP contribution < -0.4 is 11.1 Å². The number of rotatable bonds is 4. The number of aromatic nitrogens is 2. The van der Waals surface area contributed by atoms with Gasteiger partial charge in [-0.1, -0.05) is 0 Å². The van der Waals surface area contributed by atoms with Gasteiger partial charge < -0.3 is 11.1 Å². The van der Waals surface area contributed by atoms with Gasteiger partial charge in [0, 0.05) is 15.1 Å². The topological polar surface area (TPSA) is 123 Å². The fourth-order valence-electron chi connectivity index (χ4n) is 2.47. The summed E-state index contributed by atoms with van der Waals surface area (Å²) >= 11 is 3.03. The molecular weight excluding hydrogens is 436 g/mol. The smallest absolute Gasteiger partial charge is 0.202 e. The van der Waals surface area contributed by atoms with Crippen LogP contribution in [0.3, 0.4) is 0 Å². The number of halogens is 2. The molecule has 8 radical (unpaired) electrons. The highest BCUT2D eigenvalue weighted by molar-refractivity contribution is 9.10. The molecule has 0 amide bonds. The third-order valence-electron chi connectivity index (χ3n) is 4.00. The highest BCUT2D eigenvalue weighted by Crippen LogP contribution is 2.42. The average molecular weight is 443 g/mol. The van der Waals surface area contributed by atoms with E-state index < -0.39 is 30.8 Å². The molecule has 0 bridgehead atoms. The van der Waals surface area contributed by atoms with E-state index in [1.54, 1.807) is 0 Å². The quantitative estimate of drug-likeness (QED) is 0.360. The maximum absolute atomic E-state index is 13.3. The number of nitrogens with zero attached hydrogens (tertiary/aromatic N) is 3. The molecule has 1 saturated heterocycles. The Hall–Kier alpha value is -1.75. The summed E-state index contributed by atoms with van der Waals surface area (Å²) in [4.78, 5) is 4.07. The standard InChI is InChI=1S/C12H7B4BrFN5O3S/c13-11(14)10(12(15,16)27(11,24)25)21-9-7(22-26-23-9)8(19)20-4-1-2-6(18)5(17)3-4/h1-3,10H,(H2,19,20)(H,21,23). The number of anilines is 1. The van der Waals surface area contributed by atoms with Gasteiger partial charge in [0.05, 0.1) is 41.5 Å². The maximum Gasteiger partial charge on any atom is 0.202 e. The summed E-state index contributed by atoms with van der Waals surface area (Å²) in [5, 5.41) is 9.73. The molecule has 2 heterocycles. The van der Waals surface area contributed by atoms with Crippen LogP contribution in [0.1, 0.15) is 5.69 Å². The Morgan fingerprint density at radius 2 is 1.93 bits per heavy atom. The molecule has 1 aromatic heterocycles. The zero-order valence-electron chi connectivity index (χ0n) is 13.4. The summed E-state index contributed by atoms with van der Waals surface area (Å²) in [7, 11) is 18.2. The van der Waals surface area contributed by atoms with Crippen molar-refractivity contribution in [2.24, 2.45) is 10.7 Å². The Balaban J connectivity index is 1.90. The molecule has 1 aromatic carbocycles. The minimum absolute atomic E-state index is 0.0775. The van der Waals surface area contributed by atoms with Crippen LogP contribution in [0.4, 0.5) is 15.9 Å². The van der Waals surface area contributed by atoms with Crippen molar-refractivity contribution < 1.29 is 17.4 Å². The number of amidine groups is 1. The van der Waals surface area contributed by atoms with Crippen LogP contribution >= 0.6 is 15.9 Å². The van der Waals surface area contributed by atoms with Gasteiger partial charge in [0.25, 0.3) is 0 Å². The van der Waals surface area contributed by atoms with E-state index in [1.807, 2.05) is 0 Å². The number of sulfone groups is 1. The number of nitrogens with one attached hydrogen (secondary N) is 1. The van der Waals surface area contributed by atoms with E-state index in [4.69, 9.17) is 37.1 Å². The van der Waals surface area contributed by atoms with Crippen molar-refractivity contribution in [2.75, 3.05) is 5.32 Å². The predicted molar refractivity (Wildman–Crippen MR) is 104 cm³/mol. The van der Waals surface area contributed by atoms with Crippen LogP contribution in [-0.2, 0) is 9.84 Å². The first-order valence-corrected chi connectivity index (χ1v) is 9.45. The molecule has 0 unspecified atom stereocenters. The van der Waals surface area contributed by atoms with Gasteiger partial charge in [-0.05, 0) is 44.4 Å². The lowest BCUT2D eigenvalue weighted by molar-refractivity contribution is 0.307. The lowest BCUT2D eigenvalue weighted by Crippen LogP contribution is -2.81. The molecule has 8 nitrogen and oxygen atoms in total. The van der Waals surface area contributed by atoms with E-state index in [-0.39, 0.29) is 21.8 Å². The molecule has 130 valence electrons. The van der Waals surface area contributed by atoms with Gasteiger partial charge in [0.15, 0.2) is 11.5 Å². The molecule has 15 heteroatoms. The number of hydrogen-bond donors (Lipinski definition) is 2. The fourth-order valence-corrected chi connectivity index (χ4v) is 4.39. The van der Waals surface area contributed by atoms with E-state index in [9.17, 15) is 12.8 Å². The van der Waals surface area contributed by atoms with Gasteiger partial charge in [0.2, 0.25) is 5.82 Å². The Morgan fingerprint density at radius 3 is 2.52 bits per heavy atom. The molecule has 1 aliphatic heterocycles. The minimum Gasteiger partial charge on any atom is -0.382 e. The second-order valence-electron chi connectivity index (χ2n) is 5.84. The van der Waals surface area contributed by atoms with Crippen LogP contribution in [0.5, 0.6) is 0 Å². The van der Waals surface area contributed by atoms with Gasteiger partial charge >= 0.3 is 0 Å². The maximum atomic E-state index is 13.3. The zero-order chi connectivity index (χ0) is 20.2. The lowest BCUT2D eigenvalue weighted by atomic mass is 9.51. The van der Waals surface area contributed by atoms with Crippen molar-refractivity contribution in [1.29, 1.82) is 0 Å². The molecule has 2 aromatic rings. The molecule has 3 rings (SSSR count). The third kappa shape index (κ3) is 3.00. The third-order valence-corrected chi connectivity index (χ3v) is 6.94. The van der Waals surface area contributed by atoms with E-state index in [0.29, 0.717) is 5.69 Å². The summed E-state index contributed by atoms with van der Waals surface area (Å²) in [5.74, 6) is -0.773. The van der Waals surface area contributed by atoms with Crippen molar-refractivity contribution >= 4 is 74.5 Å². The van der Waals surface area contributed by atoms with Gasteiger partial charge in [-0.15, -0.1) is 0 Å². The van der Waals surface area contributed by atoms with Gasteiger partial charge in [0.1, 0.15) is 15.7 Å². The number of aliphatic imine (C=N–C) groups is 1. The van der Waals surface area contributed by atoms with Gasteiger partial charge in [-0.3, -0.25) is 0 Å². The lowest BCUT2D eigenvalue weighted by Gasteiger charge is -2.58. The normalized spacial score (nSPS) is 20.7. The van der Waals surface area contributed by atoms with Crippen molar-refractivity contribution in [3.8, 4) is 0 Å². The molecule has 0 aliphatic carbocycles. The zero-order valence-corrected chi connectivity index (χ0v) is 15.8. The number of benzene rings is 1. The molecular formula is C12H7B4BrFN5O3S. The summed E-state index contributed by atoms with van der Waals surface area (Å²) in [5.41, 5.74) is 6.11. The van der Waals surface area contributed by atoms with Crippen molar-refractivity contribution in [1.82, 2.24) is 10.3 Å². The average Bonchev–Trinajstić information content (AvgIpc) is 3.03. The highest BCUT2D eigenvalue weighted by Gasteiger charge is 2.65. The first-order valence-electron chi connectivity index (χ1n) is 7.18. The van der Waals surface area contributed by atoms with E-state index in [0.717, 1.165) is 0 Å². The SMILES string of the molecule is [B]C1([B])C(Nc2nonc2C(N)=Nc2ccc(F)c(Br)c2)C([B])([B])S1(=O)=O.